The second kappa shape index (κ2) is 14.4. The summed E-state index contributed by atoms with van der Waals surface area (Å²) in [6.45, 7) is 7.26. The highest BCUT2D eigenvalue weighted by molar-refractivity contribution is 6.42. The van der Waals surface area contributed by atoms with Crippen LogP contribution in [0.5, 0.6) is 11.5 Å². The van der Waals surface area contributed by atoms with Crippen molar-refractivity contribution in [2.75, 3.05) is 26.7 Å². The van der Waals surface area contributed by atoms with Crippen LogP contribution in [0.1, 0.15) is 49.0 Å². The molecule has 6 nitrogen and oxygen atoms in total. The number of carbonyl (C=O) groups excluding carboxylic acids is 2. The third kappa shape index (κ3) is 8.89. The van der Waals surface area contributed by atoms with Crippen molar-refractivity contribution in [1.29, 1.82) is 0 Å². The van der Waals surface area contributed by atoms with Gasteiger partial charge in [0, 0.05) is 5.56 Å². The van der Waals surface area contributed by atoms with Crippen molar-refractivity contribution >= 4 is 11.7 Å². The Balaban J connectivity index is 0.000000218. The molecule has 0 aliphatic carbocycles. The molecular weight excluding hydrogens is 502 g/mol. The van der Waals surface area contributed by atoms with Gasteiger partial charge in [-0.05, 0) is 100 Å². The summed E-state index contributed by atoms with van der Waals surface area (Å²) in [7, 11) is 1.55. The van der Waals surface area contributed by atoms with E-state index in [2.05, 4.69) is 4.90 Å². The van der Waals surface area contributed by atoms with Gasteiger partial charge in [0.25, 0.3) is 5.91 Å². The number of methoxy groups -OCH3 is 1. The number of primary amides is 1. The number of nitrogens with zero attached hydrogens (tertiary/aromatic N) is 1. The Morgan fingerprint density at radius 2 is 1.54 bits per heavy atom. The molecule has 4 rings (SSSR count). The minimum atomic E-state index is -0.982. The van der Waals surface area contributed by atoms with E-state index in [0.29, 0.717) is 5.75 Å². The van der Waals surface area contributed by atoms with Crippen molar-refractivity contribution in [2.24, 2.45) is 5.73 Å². The van der Waals surface area contributed by atoms with Crippen molar-refractivity contribution < 1.29 is 27.8 Å². The van der Waals surface area contributed by atoms with Gasteiger partial charge in [0.2, 0.25) is 5.78 Å². The zero-order valence-electron chi connectivity index (χ0n) is 22.7. The maximum atomic E-state index is 14.2. The Kier molecular flexibility index (Phi) is 11.0. The second-order valence-electron chi connectivity index (χ2n) is 9.71. The summed E-state index contributed by atoms with van der Waals surface area (Å²) in [4.78, 5) is 24.5. The molecule has 8 heteroatoms. The van der Waals surface area contributed by atoms with Gasteiger partial charge < -0.3 is 20.1 Å². The Labute approximate surface area is 228 Å². The predicted molar refractivity (Wildman–Crippen MR) is 148 cm³/mol. The van der Waals surface area contributed by atoms with Crippen molar-refractivity contribution in [3.63, 3.8) is 0 Å². The number of ketones is 1. The first kappa shape index (κ1) is 29.8. The average molecular weight is 539 g/mol. The van der Waals surface area contributed by atoms with Crippen molar-refractivity contribution in [1.82, 2.24) is 4.90 Å². The number of ether oxygens (including phenoxy) is 2. The smallest absolute Gasteiger partial charge is 0.289 e. The fraction of sp³-hybridized carbons (Fsp3) is 0.355. The number of amides is 1. The van der Waals surface area contributed by atoms with E-state index in [1.54, 1.807) is 37.4 Å². The number of hydrogen-bond donors (Lipinski definition) is 1. The maximum Gasteiger partial charge on any atom is 0.289 e. The van der Waals surface area contributed by atoms with Gasteiger partial charge >= 0.3 is 0 Å². The predicted octanol–water partition coefficient (Wildman–Crippen LogP) is 5.81. The minimum Gasteiger partial charge on any atom is -0.493 e. The molecule has 0 radical (unpaired) electrons. The van der Waals surface area contributed by atoms with Gasteiger partial charge in [-0.3, -0.25) is 9.59 Å². The Morgan fingerprint density at radius 1 is 0.949 bits per heavy atom. The average Bonchev–Trinajstić information content (AvgIpc) is 3.44. The van der Waals surface area contributed by atoms with Crippen molar-refractivity contribution in [3.05, 3.63) is 83.4 Å². The summed E-state index contributed by atoms with van der Waals surface area (Å²) in [5.41, 5.74) is 7.78. The molecular formula is C31H36F2N2O4. The minimum absolute atomic E-state index is 0.0746. The first-order chi connectivity index (χ1) is 18.7. The van der Waals surface area contributed by atoms with E-state index in [1.165, 1.54) is 50.2 Å². The lowest BCUT2D eigenvalue weighted by Crippen LogP contribution is -2.22. The van der Waals surface area contributed by atoms with Crippen LogP contribution in [0.3, 0.4) is 0 Å². The molecule has 1 amide bonds. The van der Waals surface area contributed by atoms with Crippen LogP contribution in [-0.4, -0.2) is 49.4 Å². The molecule has 0 unspecified atom stereocenters. The summed E-state index contributed by atoms with van der Waals surface area (Å²) in [6.07, 6.45) is 4.46. The molecule has 1 heterocycles. The molecule has 0 aromatic heterocycles. The molecule has 39 heavy (non-hydrogen) atoms. The second-order valence-corrected chi connectivity index (χ2v) is 9.71. The summed E-state index contributed by atoms with van der Waals surface area (Å²) in [5, 5.41) is 0. The highest BCUT2D eigenvalue weighted by Crippen LogP contribution is 2.33. The number of carbonyl (C=O) groups is 2. The molecule has 1 saturated heterocycles. The monoisotopic (exact) mass is 538 g/mol. The first-order valence-electron chi connectivity index (χ1n) is 13.1. The number of benzene rings is 3. The number of halogens is 2. The number of hydrogen-bond acceptors (Lipinski definition) is 5. The third-order valence-corrected chi connectivity index (χ3v) is 6.33. The zero-order valence-corrected chi connectivity index (χ0v) is 22.7. The third-order valence-electron chi connectivity index (χ3n) is 6.33. The van der Waals surface area contributed by atoms with Gasteiger partial charge in [-0.15, -0.1) is 0 Å². The van der Waals surface area contributed by atoms with Gasteiger partial charge in [0.15, 0.2) is 17.3 Å². The molecule has 3 aromatic rings. The van der Waals surface area contributed by atoms with E-state index in [-0.39, 0.29) is 29.1 Å². The Hall–Kier alpha value is -3.78. The summed E-state index contributed by atoms with van der Waals surface area (Å²) >= 11 is 0. The number of aryl methyl sites for hydroxylation is 1. The SMILES string of the molecule is COc1cc(CCCN2CCCC2)cc(F)c1OC(C)C.NC(=O)C(=O)c1ccc(-c2ccc(F)cc2)cc1. The molecule has 3 aromatic carbocycles. The quantitative estimate of drug-likeness (QED) is 0.260. The van der Waals surface area contributed by atoms with E-state index in [4.69, 9.17) is 15.2 Å². The molecule has 1 aliphatic rings. The highest BCUT2D eigenvalue weighted by atomic mass is 19.1. The fourth-order valence-electron chi connectivity index (χ4n) is 4.38. The summed E-state index contributed by atoms with van der Waals surface area (Å²) < 4.78 is 37.7. The van der Waals surface area contributed by atoms with Crippen LogP contribution < -0.4 is 15.2 Å². The van der Waals surface area contributed by atoms with Crippen LogP contribution >= 0.6 is 0 Å². The molecule has 2 N–H and O–H groups in total. The molecule has 0 saturated carbocycles. The van der Waals surface area contributed by atoms with E-state index in [0.717, 1.165) is 36.1 Å². The maximum absolute atomic E-state index is 14.2. The zero-order chi connectivity index (χ0) is 28.4. The van der Waals surface area contributed by atoms with Crippen molar-refractivity contribution in [2.45, 2.75) is 45.6 Å². The number of likely N-dealkylation sites (tertiary alicyclic amines) is 1. The first-order valence-corrected chi connectivity index (χ1v) is 13.1. The van der Waals surface area contributed by atoms with Crippen LogP contribution in [0.25, 0.3) is 11.1 Å². The number of nitrogens with two attached hydrogens (primary N) is 1. The van der Waals surface area contributed by atoms with Crippen LogP contribution in [0.2, 0.25) is 0 Å². The largest absolute Gasteiger partial charge is 0.493 e. The molecule has 0 atom stereocenters. The van der Waals surface area contributed by atoms with Gasteiger partial charge in [0.1, 0.15) is 5.82 Å². The summed E-state index contributed by atoms with van der Waals surface area (Å²) in [6, 6.07) is 15.9. The number of rotatable bonds is 10. The van der Waals surface area contributed by atoms with Gasteiger partial charge in [0.05, 0.1) is 13.2 Å². The normalized spacial score (nSPS) is 13.1. The molecule has 208 valence electrons. The number of Topliss-reactive ketones (excluding diaryl/α,β-unsaturated/α-hetero) is 1. The van der Waals surface area contributed by atoms with Crippen LogP contribution in [-0.2, 0) is 11.2 Å². The van der Waals surface area contributed by atoms with Crippen LogP contribution in [0.15, 0.2) is 60.7 Å². The van der Waals surface area contributed by atoms with Gasteiger partial charge in [-0.25, -0.2) is 8.78 Å². The highest BCUT2D eigenvalue weighted by Gasteiger charge is 2.16. The van der Waals surface area contributed by atoms with Crippen LogP contribution in [0, 0.1) is 11.6 Å². The van der Waals surface area contributed by atoms with Gasteiger partial charge in [-0.1, -0.05) is 36.4 Å². The van der Waals surface area contributed by atoms with E-state index < -0.39 is 11.7 Å². The molecule has 1 aliphatic heterocycles. The Morgan fingerprint density at radius 3 is 2.08 bits per heavy atom. The van der Waals surface area contributed by atoms with Gasteiger partial charge in [-0.2, -0.15) is 0 Å². The van der Waals surface area contributed by atoms with Crippen LogP contribution in [0.4, 0.5) is 8.78 Å². The Bertz CT molecular complexity index is 1240. The standard InChI is InChI=1S/C17H26FNO2.C14H10FNO2/c1-13(2)21-17-15(18)11-14(12-16(17)20-3)7-6-10-19-8-4-5-9-19;15-12-7-5-10(6-8-12)9-1-3-11(4-2-9)13(17)14(16)18/h11-13H,4-10H2,1-3H3;1-8H,(H2,16,18). The lowest BCUT2D eigenvalue weighted by molar-refractivity contribution is -0.114. The molecule has 1 fully saturated rings. The lowest BCUT2D eigenvalue weighted by Gasteiger charge is -2.17. The van der Waals surface area contributed by atoms with E-state index in [1.807, 2.05) is 19.9 Å². The topological polar surface area (TPSA) is 81.9 Å². The van der Waals surface area contributed by atoms with E-state index >= 15 is 0 Å². The molecule has 0 spiro atoms. The fourth-order valence-corrected chi connectivity index (χ4v) is 4.38. The molecule has 0 bridgehead atoms. The summed E-state index contributed by atoms with van der Waals surface area (Å²) in [5.74, 6) is -1.64. The lowest BCUT2D eigenvalue weighted by atomic mass is 10.0. The van der Waals surface area contributed by atoms with E-state index in [9.17, 15) is 18.4 Å². The van der Waals surface area contributed by atoms with Crippen molar-refractivity contribution in [3.8, 4) is 22.6 Å².